The molecule has 0 radical (unpaired) electrons. The van der Waals surface area contributed by atoms with Gasteiger partial charge in [0.25, 0.3) is 0 Å². The Labute approximate surface area is 220 Å². The zero-order valence-electron chi connectivity index (χ0n) is 19.7. The lowest BCUT2D eigenvalue weighted by molar-refractivity contribution is 1.19. The molecule has 0 amide bonds. The van der Waals surface area contributed by atoms with Gasteiger partial charge in [-0.1, -0.05) is 84.9 Å². The highest BCUT2D eigenvalue weighted by Crippen LogP contribution is 2.48. The van der Waals surface area contributed by atoms with Crippen molar-refractivity contribution in [3.05, 3.63) is 115 Å². The first-order valence-corrected chi connectivity index (χ1v) is 14.2. The molecule has 3 heteroatoms. The molecule has 0 N–H and O–H groups in total. The Hall–Kier alpha value is -4.18. The Kier molecular flexibility index (Phi) is 3.88. The van der Waals surface area contributed by atoms with E-state index in [9.17, 15) is 0 Å². The molecule has 0 aliphatic carbocycles. The van der Waals surface area contributed by atoms with E-state index in [4.69, 9.17) is 0 Å². The first kappa shape index (κ1) is 19.9. The number of rotatable bonds is 1. The van der Waals surface area contributed by atoms with Gasteiger partial charge in [-0.15, -0.1) is 22.7 Å². The molecule has 3 aromatic heterocycles. The van der Waals surface area contributed by atoms with Crippen LogP contribution in [0.15, 0.2) is 115 Å². The average molecular weight is 506 g/mol. The predicted octanol–water partition coefficient (Wildman–Crippen LogP) is 10.7. The van der Waals surface area contributed by atoms with Crippen molar-refractivity contribution >= 4 is 95.6 Å². The SMILES string of the molecule is c1ccc2c(c1)sc1cc(-n3c4ccccc4c4c5ccccc5c5sc6ccccc6c5c43)ccc12. The number of nitrogens with zero attached hydrogens (tertiary/aromatic N) is 1. The number of thiophene rings is 2. The normalized spacial score (nSPS) is 12.3. The molecule has 172 valence electrons. The first-order valence-electron chi connectivity index (χ1n) is 12.5. The molecule has 0 spiro atoms. The van der Waals surface area contributed by atoms with Crippen molar-refractivity contribution in [3.8, 4) is 5.69 Å². The van der Waals surface area contributed by atoms with Crippen LogP contribution in [0, 0.1) is 0 Å². The van der Waals surface area contributed by atoms with Crippen molar-refractivity contribution in [1.82, 2.24) is 4.57 Å². The number of benzene rings is 6. The lowest BCUT2D eigenvalue weighted by atomic mass is 10.00. The Bertz CT molecular complexity index is 2360. The predicted molar refractivity (Wildman–Crippen MR) is 164 cm³/mol. The molecule has 0 saturated heterocycles. The van der Waals surface area contributed by atoms with Gasteiger partial charge in [0, 0.05) is 62.2 Å². The second-order valence-corrected chi connectivity index (χ2v) is 11.8. The van der Waals surface area contributed by atoms with Gasteiger partial charge in [0.15, 0.2) is 0 Å². The molecule has 3 heterocycles. The Morgan fingerprint density at radius 3 is 1.89 bits per heavy atom. The number of aromatic nitrogens is 1. The van der Waals surface area contributed by atoms with E-state index in [-0.39, 0.29) is 0 Å². The van der Waals surface area contributed by atoms with Gasteiger partial charge in [0.1, 0.15) is 0 Å². The minimum Gasteiger partial charge on any atom is -0.308 e. The fraction of sp³-hybridized carbons (Fsp3) is 0. The molecule has 6 aromatic carbocycles. The molecule has 0 atom stereocenters. The Balaban J connectivity index is 1.55. The molecule has 9 rings (SSSR count). The molecule has 0 saturated carbocycles. The van der Waals surface area contributed by atoms with E-state index in [0.29, 0.717) is 0 Å². The minimum atomic E-state index is 1.22. The standard InChI is InChI=1S/C34H19NS2/c1-2-11-24-23(10-1)31-25-12-3-6-14-27(25)35(33(31)32-26-13-5-8-16-29(26)37-34(24)32)20-17-18-22-21-9-4-7-15-28(21)36-30(22)19-20/h1-19H. The third-order valence-electron chi connectivity index (χ3n) is 7.77. The molecule has 0 bridgehead atoms. The van der Waals surface area contributed by atoms with Gasteiger partial charge in [0.2, 0.25) is 0 Å². The average Bonchev–Trinajstić information content (AvgIpc) is 3.62. The van der Waals surface area contributed by atoms with E-state index in [2.05, 4.69) is 120 Å². The molecular weight excluding hydrogens is 487 g/mol. The summed E-state index contributed by atoms with van der Waals surface area (Å²) in [5.41, 5.74) is 3.79. The largest absolute Gasteiger partial charge is 0.308 e. The summed E-state index contributed by atoms with van der Waals surface area (Å²) in [7, 11) is 0. The fourth-order valence-electron chi connectivity index (χ4n) is 6.24. The lowest BCUT2D eigenvalue weighted by Gasteiger charge is -2.11. The van der Waals surface area contributed by atoms with Crippen molar-refractivity contribution < 1.29 is 0 Å². The summed E-state index contributed by atoms with van der Waals surface area (Å²) >= 11 is 3.80. The topological polar surface area (TPSA) is 4.93 Å². The Morgan fingerprint density at radius 1 is 0.432 bits per heavy atom. The van der Waals surface area contributed by atoms with Crippen LogP contribution in [0.25, 0.3) is 78.6 Å². The minimum absolute atomic E-state index is 1.22. The van der Waals surface area contributed by atoms with E-state index < -0.39 is 0 Å². The van der Waals surface area contributed by atoms with Crippen molar-refractivity contribution in [3.63, 3.8) is 0 Å². The van der Waals surface area contributed by atoms with Crippen LogP contribution < -0.4 is 0 Å². The van der Waals surface area contributed by atoms with Crippen LogP contribution in [-0.4, -0.2) is 4.57 Å². The van der Waals surface area contributed by atoms with E-state index in [0.717, 1.165) is 0 Å². The summed E-state index contributed by atoms with van der Waals surface area (Å²) in [5, 5.41) is 10.7. The van der Waals surface area contributed by atoms with Crippen LogP contribution in [0.2, 0.25) is 0 Å². The van der Waals surface area contributed by atoms with Crippen molar-refractivity contribution in [2.75, 3.05) is 0 Å². The smallest absolute Gasteiger partial charge is 0.0640 e. The summed E-state index contributed by atoms with van der Waals surface area (Å²) in [6.07, 6.45) is 0. The zero-order chi connectivity index (χ0) is 24.1. The van der Waals surface area contributed by atoms with Crippen LogP contribution in [0.4, 0.5) is 0 Å². The quantitative estimate of drug-likeness (QED) is 0.209. The lowest BCUT2D eigenvalue weighted by Crippen LogP contribution is -1.94. The molecular formula is C34H19NS2. The van der Waals surface area contributed by atoms with Crippen LogP contribution in [0.3, 0.4) is 0 Å². The highest BCUT2D eigenvalue weighted by atomic mass is 32.1. The van der Waals surface area contributed by atoms with Crippen LogP contribution in [0.1, 0.15) is 0 Å². The molecule has 1 nitrogen and oxygen atoms in total. The van der Waals surface area contributed by atoms with E-state index in [1.165, 1.54) is 78.6 Å². The number of hydrogen-bond donors (Lipinski definition) is 0. The summed E-state index contributed by atoms with van der Waals surface area (Å²) in [5.74, 6) is 0. The third-order valence-corrected chi connectivity index (χ3v) is 10.1. The van der Waals surface area contributed by atoms with Gasteiger partial charge in [-0.05, 0) is 35.7 Å². The summed E-state index contributed by atoms with van der Waals surface area (Å²) in [4.78, 5) is 0. The number of fused-ring (bicyclic) bond motifs is 13. The van der Waals surface area contributed by atoms with Crippen molar-refractivity contribution in [1.29, 1.82) is 0 Å². The van der Waals surface area contributed by atoms with E-state index in [1.54, 1.807) is 0 Å². The second kappa shape index (κ2) is 7.19. The second-order valence-electron chi connectivity index (χ2n) is 9.70. The molecule has 37 heavy (non-hydrogen) atoms. The van der Waals surface area contributed by atoms with Gasteiger partial charge in [-0.2, -0.15) is 0 Å². The Morgan fingerprint density at radius 2 is 1.05 bits per heavy atom. The first-order chi connectivity index (χ1) is 18.4. The molecule has 0 aliphatic rings. The monoisotopic (exact) mass is 505 g/mol. The van der Waals surface area contributed by atoms with Gasteiger partial charge in [-0.25, -0.2) is 0 Å². The molecule has 9 aromatic rings. The van der Waals surface area contributed by atoms with Gasteiger partial charge < -0.3 is 4.57 Å². The third kappa shape index (κ3) is 2.58. The van der Waals surface area contributed by atoms with Crippen LogP contribution >= 0.6 is 22.7 Å². The molecule has 0 aliphatic heterocycles. The summed E-state index contributed by atoms with van der Waals surface area (Å²) in [6.45, 7) is 0. The molecule has 0 unspecified atom stereocenters. The maximum atomic E-state index is 2.52. The summed E-state index contributed by atoms with van der Waals surface area (Å²) < 4.78 is 7.90. The maximum absolute atomic E-state index is 2.52. The summed E-state index contributed by atoms with van der Waals surface area (Å²) in [6, 6.07) is 42.5. The zero-order valence-corrected chi connectivity index (χ0v) is 21.4. The number of hydrogen-bond acceptors (Lipinski definition) is 2. The molecule has 0 fully saturated rings. The van der Waals surface area contributed by atoms with E-state index >= 15 is 0 Å². The van der Waals surface area contributed by atoms with Crippen LogP contribution in [-0.2, 0) is 0 Å². The van der Waals surface area contributed by atoms with E-state index in [1.807, 2.05) is 22.7 Å². The van der Waals surface area contributed by atoms with Gasteiger partial charge in [0.05, 0.1) is 11.0 Å². The van der Waals surface area contributed by atoms with Gasteiger partial charge >= 0.3 is 0 Å². The number of para-hydroxylation sites is 1. The highest BCUT2D eigenvalue weighted by molar-refractivity contribution is 7.27. The fourth-order valence-corrected chi connectivity index (χ4v) is 8.62. The van der Waals surface area contributed by atoms with Crippen molar-refractivity contribution in [2.45, 2.75) is 0 Å². The maximum Gasteiger partial charge on any atom is 0.0640 e. The van der Waals surface area contributed by atoms with Crippen molar-refractivity contribution in [2.24, 2.45) is 0 Å². The van der Waals surface area contributed by atoms with Gasteiger partial charge in [-0.3, -0.25) is 0 Å². The van der Waals surface area contributed by atoms with Crippen LogP contribution in [0.5, 0.6) is 0 Å². The highest BCUT2D eigenvalue weighted by Gasteiger charge is 2.21.